The molecular formula is C18H27F4O5SSi-. The van der Waals surface area contributed by atoms with Crippen LogP contribution >= 0.6 is 12.0 Å². The van der Waals surface area contributed by atoms with Crippen molar-refractivity contribution in [3.05, 3.63) is 23.3 Å². The molecule has 0 bridgehead atoms. The van der Waals surface area contributed by atoms with Gasteiger partial charge in [-0.2, -0.15) is 13.1 Å². The lowest BCUT2D eigenvalue weighted by Gasteiger charge is -2.36. The van der Waals surface area contributed by atoms with E-state index >= 15 is 0 Å². The Kier molecular flexibility index (Phi) is 10.4. The number of hydrogen-bond donors (Lipinski definition) is 0. The van der Waals surface area contributed by atoms with Crippen LogP contribution in [0.5, 0.6) is 5.75 Å². The Morgan fingerprint density at radius 2 is 1.38 bits per heavy atom. The average Bonchev–Trinajstić information content (AvgIpc) is 2.63. The van der Waals surface area contributed by atoms with Crippen LogP contribution in [0, 0.1) is 23.3 Å². The van der Waals surface area contributed by atoms with Crippen molar-refractivity contribution in [1.82, 2.24) is 0 Å². The number of rotatable bonds is 12. The minimum absolute atomic E-state index is 0.109. The van der Waals surface area contributed by atoms with Crippen LogP contribution in [-0.2, 0) is 13.8 Å². The van der Waals surface area contributed by atoms with Crippen LogP contribution in [0.2, 0.25) is 18.1 Å². The molecule has 29 heavy (non-hydrogen) atoms. The van der Waals surface area contributed by atoms with Gasteiger partial charge in [0.25, 0.3) is 0 Å². The molecule has 0 heterocycles. The van der Waals surface area contributed by atoms with E-state index < -0.39 is 42.2 Å². The molecule has 5 nitrogen and oxygen atoms in total. The maximum atomic E-state index is 13.9. The van der Waals surface area contributed by atoms with Crippen molar-refractivity contribution >= 4 is 20.4 Å². The highest BCUT2D eigenvalue weighted by Gasteiger charge is 2.36. The third-order valence-corrected chi connectivity index (χ3v) is 10.1. The van der Waals surface area contributed by atoms with E-state index in [2.05, 4.69) is 43.2 Å². The summed E-state index contributed by atoms with van der Waals surface area (Å²) < 4.78 is 70.1. The molecule has 1 rings (SSSR count). The number of benzene rings is 1. The lowest BCUT2D eigenvalue weighted by molar-refractivity contribution is -0.777. The second-order valence-corrected chi connectivity index (χ2v) is 13.5. The molecular weight excluding hydrogens is 432 g/mol. The maximum absolute atomic E-state index is 13.9. The fourth-order valence-electron chi connectivity index (χ4n) is 2.11. The van der Waals surface area contributed by atoms with Crippen LogP contribution in [0.1, 0.15) is 46.5 Å². The Hall–Kier alpha value is -0.853. The third-order valence-electron chi connectivity index (χ3n) is 4.88. The van der Waals surface area contributed by atoms with Gasteiger partial charge in [-0.25, -0.2) is 8.78 Å². The van der Waals surface area contributed by atoms with E-state index in [1.54, 1.807) is 0 Å². The van der Waals surface area contributed by atoms with Crippen LogP contribution in [0.4, 0.5) is 17.6 Å². The zero-order chi connectivity index (χ0) is 22.2. The summed E-state index contributed by atoms with van der Waals surface area (Å²) in [5.41, 5.74) is 0. The first kappa shape index (κ1) is 26.2. The normalized spacial score (nSPS) is 12.5. The van der Waals surface area contributed by atoms with Gasteiger partial charge in [-0.3, -0.25) is 5.04 Å². The Bertz CT molecular complexity index is 642. The summed E-state index contributed by atoms with van der Waals surface area (Å²) in [6.07, 6.45) is 2.82. The monoisotopic (exact) mass is 459 g/mol. The highest BCUT2D eigenvalue weighted by atomic mass is 32.2. The van der Waals surface area contributed by atoms with E-state index in [0.717, 1.165) is 12.8 Å². The molecule has 0 aliphatic heterocycles. The van der Waals surface area contributed by atoms with Crippen LogP contribution in [0.25, 0.3) is 0 Å². The van der Waals surface area contributed by atoms with Crippen molar-refractivity contribution in [1.29, 1.82) is 0 Å². The van der Waals surface area contributed by atoms with E-state index in [9.17, 15) is 22.8 Å². The molecule has 1 aromatic rings. The Morgan fingerprint density at radius 3 is 1.86 bits per heavy atom. The molecule has 0 aliphatic rings. The predicted molar refractivity (Wildman–Crippen MR) is 101 cm³/mol. The second-order valence-electron chi connectivity index (χ2n) is 8.01. The van der Waals surface area contributed by atoms with E-state index in [1.807, 2.05) is 0 Å². The summed E-state index contributed by atoms with van der Waals surface area (Å²) in [4.78, 5) is -1.18. The van der Waals surface area contributed by atoms with Crippen LogP contribution in [-0.4, -0.2) is 21.5 Å². The summed E-state index contributed by atoms with van der Waals surface area (Å²) in [5.74, 6) is -8.02. The molecule has 0 unspecified atom stereocenters. The zero-order valence-electron chi connectivity index (χ0n) is 17.2. The maximum Gasteiger partial charge on any atom is 0.205 e. The molecule has 0 fully saturated rings. The van der Waals surface area contributed by atoms with Gasteiger partial charge in [0, 0.05) is 6.61 Å². The second kappa shape index (κ2) is 11.5. The molecule has 0 aliphatic carbocycles. The van der Waals surface area contributed by atoms with E-state index in [0.29, 0.717) is 19.4 Å². The Labute approximate surface area is 173 Å². The lowest BCUT2D eigenvalue weighted by atomic mass is 10.2. The largest absolute Gasteiger partial charge is 0.691 e. The average molecular weight is 460 g/mol. The lowest BCUT2D eigenvalue weighted by Crippen LogP contribution is -2.40. The molecule has 0 saturated heterocycles. The summed E-state index contributed by atoms with van der Waals surface area (Å²) in [6.45, 7) is 11.4. The number of halogens is 4. The van der Waals surface area contributed by atoms with E-state index in [4.69, 9.17) is 9.16 Å². The number of ether oxygens (including phenoxy) is 1. The van der Waals surface area contributed by atoms with Crippen molar-refractivity contribution in [2.45, 2.75) is 69.5 Å². The number of hydrogen-bond acceptors (Lipinski definition) is 6. The molecule has 0 saturated carbocycles. The van der Waals surface area contributed by atoms with E-state index in [-0.39, 0.29) is 23.7 Å². The first-order valence-electron chi connectivity index (χ1n) is 9.20. The molecule has 11 heteroatoms. The van der Waals surface area contributed by atoms with Crippen molar-refractivity contribution in [2.24, 2.45) is 0 Å². The van der Waals surface area contributed by atoms with Gasteiger partial charge in [0.2, 0.25) is 11.6 Å². The van der Waals surface area contributed by atoms with Gasteiger partial charge in [0.15, 0.2) is 25.7 Å². The predicted octanol–water partition coefficient (Wildman–Crippen LogP) is 5.43. The third kappa shape index (κ3) is 7.41. The molecule has 168 valence electrons. The van der Waals surface area contributed by atoms with Crippen molar-refractivity contribution in [2.75, 3.05) is 13.2 Å². The van der Waals surface area contributed by atoms with Crippen LogP contribution in [0.3, 0.4) is 0 Å². The molecule has 0 N–H and O–H groups in total. The van der Waals surface area contributed by atoms with Crippen molar-refractivity contribution < 1.29 is 41.4 Å². The van der Waals surface area contributed by atoms with Crippen molar-refractivity contribution in [3.63, 3.8) is 0 Å². The molecule has 0 aromatic heterocycles. The van der Waals surface area contributed by atoms with Gasteiger partial charge in [-0.1, -0.05) is 27.2 Å². The van der Waals surface area contributed by atoms with E-state index in [1.165, 1.54) is 0 Å². The van der Waals surface area contributed by atoms with Gasteiger partial charge in [0.1, 0.15) is 4.90 Å². The molecule has 1 aromatic carbocycles. The van der Waals surface area contributed by atoms with Gasteiger partial charge >= 0.3 is 0 Å². The molecule has 0 spiro atoms. The molecule has 0 amide bonds. The summed E-state index contributed by atoms with van der Waals surface area (Å²) >= 11 is -0.276. The van der Waals surface area contributed by atoms with Gasteiger partial charge in [-0.05, 0) is 37.4 Å². The highest BCUT2D eigenvalue weighted by molar-refractivity contribution is 7.94. The topological polar surface area (TPSA) is 60.0 Å². The first-order chi connectivity index (χ1) is 13.4. The molecule has 0 radical (unpaired) electrons. The van der Waals surface area contributed by atoms with Gasteiger partial charge in [0.05, 0.1) is 18.6 Å². The van der Waals surface area contributed by atoms with Crippen molar-refractivity contribution in [3.8, 4) is 5.75 Å². The summed E-state index contributed by atoms with van der Waals surface area (Å²) in [5, 5.41) is 12.8. The van der Waals surface area contributed by atoms with Crippen LogP contribution in [0.15, 0.2) is 4.90 Å². The zero-order valence-corrected chi connectivity index (χ0v) is 19.0. The van der Waals surface area contributed by atoms with Gasteiger partial charge < -0.3 is 14.4 Å². The van der Waals surface area contributed by atoms with Crippen LogP contribution < -0.4 is 9.99 Å². The fourth-order valence-corrected chi connectivity index (χ4v) is 3.62. The highest BCUT2D eigenvalue weighted by Crippen LogP contribution is 2.37. The van der Waals surface area contributed by atoms with Gasteiger partial charge in [-0.15, -0.1) is 0 Å². The summed E-state index contributed by atoms with van der Waals surface area (Å²) in [7, 11) is -1.78. The quantitative estimate of drug-likeness (QED) is 0.0790. The smallest absolute Gasteiger partial charge is 0.205 e. The fraction of sp³-hybridized carbons (Fsp3) is 0.667. The first-order valence-corrected chi connectivity index (χ1v) is 12.8. The number of unbranched alkanes of at least 4 members (excludes halogenated alkanes) is 3. The minimum Gasteiger partial charge on any atom is -0.691 e. The SMILES string of the molecule is CC(C)(C)[Si](C)(C)OCCCCCCOc1c(F)c(F)c(SOO[O-])c(F)c1F. The Morgan fingerprint density at radius 1 is 0.862 bits per heavy atom. The minimum atomic E-state index is -1.78. The summed E-state index contributed by atoms with van der Waals surface area (Å²) in [6, 6.07) is 0. The Balaban J connectivity index is 2.44. The standard InChI is InChI=1S/C18H28F4O5SSi/c1-18(2,3)29(4,5)25-11-9-7-6-8-10-24-16-12(19)14(21)17(28-27-26-23)15(22)13(16)20/h23H,6-11H2,1-5H3/p-1. The molecule has 0 atom stereocenters.